The fourth-order valence-electron chi connectivity index (χ4n) is 3.91. The molecule has 2 N–H and O–H groups in total. The molecule has 0 radical (unpaired) electrons. The van der Waals surface area contributed by atoms with Crippen molar-refractivity contribution in [2.45, 2.75) is 120 Å². The molecule has 3 aromatic rings. The van der Waals surface area contributed by atoms with Gasteiger partial charge in [0.2, 0.25) is 0 Å². The maximum absolute atomic E-state index is 11.6. The van der Waals surface area contributed by atoms with E-state index in [1.165, 1.54) is 42.4 Å². The minimum absolute atomic E-state index is 0.0418. The molecule has 1 unspecified atom stereocenters. The molecule has 3 aromatic carbocycles. The van der Waals surface area contributed by atoms with Gasteiger partial charge in [0.15, 0.2) is 0 Å². The molecule has 244 valence electrons. The molecule has 3 nitrogen and oxygen atoms in total. The summed E-state index contributed by atoms with van der Waals surface area (Å²) >= 11 is 0. The quantitative estimate of drug-likeness (QED) is 0.158. The summed E-state index contributed by atoms with van der Waals surface area (Å²) < 4.78 is 5.04. The van der Waals surface area contributed by atoms with E-state index in [0.717, 1.165) is 38.6 Å². The number of unbranched alkanes of at least 4 members (excludes halogenated alkanes) is 2. The summed E-state index contributed by atoms with van der Waals surface area (Å²) in [6.07, 6.45) is 10.1. The number of carbonyl (C=O) groups excluding carboxylic acids is 1. The first-order valence-electron chi connectivity index (χ1n) is 17.1. The molecule has 3 rings (SSSR count). The number of ether oxygens (including phenoxy) is 1. The summed E-state index contributed by atoms with van der Waals surface area (Å²) in [4.78, 5) is 11.6. The van der Waals surface area contributed by atoms with Gasteiger partial charge >= 0.3 is 5.97 Å². The zero-order chi connectivity index (χ0) is 33.0. The monoisotopic (exact) mass is 594 g/mol. The zero-order valence-electron chi connectivity index (χ0n) is 29.4. The van der Waals surface area contributed by atoms with E-state index in [1.54, 1.807) is 0 Å². The third kappa shape index (κ3) is 27.7. The Labute approximate surface area is 267 Å². The normalized spacial score (nSPS) is 9.72. The van der Waals surface area contributed by atoms with Crippen molar-refractivity contribution in [3.8, 4) is 0 Å². The maximum Gasteiger partial charge on any atom is 0.308 e. The van der Waals surface area contributed by atoms with Gasteiger partial charge in [-0.2, -0.15) is 0 Å². The topological polar surface area (TPSA) is 52.3 Å². The van der Waals surface area contributed by atoms with Crippen LogP contribution in [-0.2, 0) is 28.8 Å². The predicted molar refractivity (Wildman–Crippen MR) is 193 cm³/mol. The number of nitrogens with two attached hydrogens (primary N) is 1. The Kier molecular flexibility index (Phi) is 38.4. The van der Waals surface area contributed by atoms with Crippen LogP contribution >= 0.6 is 0 Å². The minimum Gasteiger partial charge on any atom is -0.466 e. The third-order valence-electron chi connectivity index (χ3n) is 6.16. The summed E-state index contributed by atoms with van der Waals surface area (Å²) in [6.45, 7) is 19.4. The van der Waals surface area contributed by atoms with Gasteiger partial charge in [0.25, 0.3) is 0 Å². The first kappa shape index (κ1) is 44.5. The van der Waals surface area contributed by atoms with Gasteiger partial charge < -0.3 is 10.5 Å². The van der Waals surface area contributed by atoms with Gasteiger partial charge in [-0.25, -0.2) is 0 Å². The summed E-state index contributed by atoms with van der Waals surface area (Å²) in [5.74, 6) is -0.0129. The van der Waals surface area contributed by atoms with E-state index in [4.69, 9.17) is 10.5 Å². The fourth-order valence-corrected chi connectivity index (χ4v) is 3.91. The van der Waals surface area contributed by atoms with Crippen LogP contribution in [0.2, 0.25) is 0 Å². The molecule has 1 atom stereocenters. The van der Waals surface area contributed by atoms with Crippen molar-refractivity contribution in [2.75, 3.05) is 13.2 Å². The molecule has 0 spiro atoms. The van der Waals surface area contributed by atoms with Crippen LogP contribution in [0.15, 0.2) is 91.0 Å². The van der Waals surface area contributed by atoms with Crippen molar-refractivity contribution in [2.24, 2.45) is 11.7 Å². The molecule has 0 aliphatic rings. The first-order chi connectivity index (χ1) is 21.1. The number of carbonyl (C=O) groups is 1. The van der Waals surface area contributed by atoms with Crippen molar-refractivity contribution in [3.63, 3.8) is 0 Å². The summed E-state index contributed by atoms with van der Waals surface area (Å²) in [7, 11) is 0. The number of hydrogen-bond acceptors (Lipinski definition) is 3. The third-order valence-corrected chi connectivity index (χ3v) is 6.16. The Morgan fingerprint density at radius 1 is 0.605 bits per heavy atom. The lowest BCUT2D eigenvalue weighted by Gasteiger charge is -2.13. The van der Waals surface area contributed by atoms with Crippen LogP contribution in [0.5, 0.6) is 0 Å². The first-order valence-corrected chi connectivity index (χ1v) is 17.1. The van der Waals surface area contributed by atoms with Gasteiger partial charge in [0.05, 0.1) is 12.5 Å². The molecule has 0 aliphatic heterocycles. The molecule has 43 heavy (non-hydrogen) atoms. The van der Waals surface area contributed by atoms with Gasteiger partial charge in [-0.3, -0.25) is 4.79 Å². The second-order valence-electron chi connectivity index (χ2n) is 9.20. The van der Waals surface area contributed by atoms with Crippen molar-refractivity contribution >= 4 is 5.97 Å². The number of esters is 1. The maximum atomic E-state index is 11.6. The SMILES string of the molecule is CC.CC.CC.CCCCCc1ccccc1.CCOC(=O)C(CC)CCc1ccccc1.NCCCc1ccccc1. The molecule has 3 heteroatoms. The van der Waals surface area contributed by atoms with Crippen molar-refractivity contribution < 1.29 is 9.53 Å². The van der Waals surface area contributed by atoms with Crippen molar-refractivity contribution in [1.82, 2.24) is 0 Å². The average molecular weight is 594 g/mol. The smallest absolute Gasteiger partial charge is 0.308 e. The summed E-state index contributed by atoms with van der Waals surface area (Å²) in [5.41, 5.74) is 9.51. The highest BCUT2D eigenvalue weighted by Crippen LogP contribution is 2.14. The Hall–Kier alpha value is -2.91. The summed E-state index contributed by atoms with van der Waals surface area (Å²) in [5, 5.41) is 0. The molecule has 0 aliphatic carbocycles. The van der Waals surface area contributed by atoms with E-state index in [2.05, 4.69) is 73.7 Å². The van der Waals surface area contributed by atoms with E-state index in [9.17, 15) is 4.79 Å². The van der Waals surface area contributed by atoms with E-state index in [1.807, 2.05) is 79.7 Å². The lowest BCUT2D eigenvalue weighted by molar-refractivity contribution is -0.148. The van der Waals surface area contributed by atoms with Gasteiger partial charge in [-0.05, 0) is 75.1 Å². The highest BCUT2D eigenvalue weighted by molar-refractivity contribution is 5.72. The van der Waals surface area contributed by atoms with Crippen molar-refractivity contribution in [3.05, 3.63) is 108 Å². The van der Waals surface area contributed by atoms with Gasteiger partial charge in [0.1, 0.15) is 0 Å². The van der Waals surface area contributed by atoms with Crippen LogP contribution < -0.4 is 5.73 Å². The van der Waals surface area contributed by atoms with Gasteiger partial charge in [-0.15, -0.1) is 0 Å². The van der Waals surface area contributed by atoms with E-state index >= 15 is 0 Å². The van der Waals surface area contributed by atoms with Crippen LogP contribution in [0.3, 0.4) is 0 Å². The highest BCUT2D eigenvalue weighted by Gasteiger charge is 2.17. The molecule has 0 amide bonds. The molecule has 0 heterocycles. The standard InChI is InChI=1S/C14H20O2.C11H16.C9H13N.3C2H6/c1-3-13(14(15)16-4-2)11-10-12-8-6-5-7-9-12;1-2-3-5-8-11-9-6-4-7-10-11;10-8-4-7-9-5-2-1-3-6-9;3*1-2/h5-9,13H,3-4,10-11H2,1-2H3;4,6-7,9-10H,2-3,5,8H2,1H3;1-3,5-6H,4,7-8,10H2;3*1-2H3. The Morgan fingerprint density at radius 2 is 1.00 bits per heavy atom. The largest absolute Gasteiger partial charge is 0.466 e. The van der Waals surface area contributed by atoms with Gasteiger partial charge in [0, 0.05) is 0 Å². The molecule has 0 aromatic heterocycles. The number of benzene rings is 3. The van der Waals surface area contributed by atoms with Crippen LogP contribution in [0.4, 0.5) is 0 Å². The van der Waals surface area contributed by atoms with Crippen LogP contribution in [0.25, 0.3) is 0 Å². The number of aryl methyl sites for hydroxylation is 3. The molecular formula is C40H67NO2. The lowest BCUT2D eigenvalue weighted by atomic mass is 9.97. The second kappa shape index (κ2) is 37.1. The van der Waals surface area contributed by atoms with Crippen molar-refractivity contribution in [1.29, 1.82) is 0 Å². The van der Waals surface area contributed by atoms with Crippen LogP contribution in [0.1, 0.15) is 118 Å². The molecule has 0 saturated carbocycles. The molecule has 0 bridgehead atoms. The predicted octanol–water partition coefficient (Wildman–Crippen LogP) is 11.3. The number of rotatable bonds is 13. The molecule has 0 fully saturated rings. The van der Waals surface area contributed by atoms with Crippen LogP contribution in [-0.4, -0.2) is 19.1 Å². The Morgan fingerprint density at radius 3 is 1.35 bits per heavy atom. The molecule has 0 saturated heterocycles. The minimum atomic E-state index is -0.0547. The highest BCUT2D eigenvalue weighted by atomic mass is 16.5. The van der Waals surface area contributed by atoms with Crippen LogP contribution in [0, 0.1) is 5.92 Å². The lowest BCUT2D eigenvalue weighted by Crippen LogP contribution is -2.17. The zero-order valence-corrected chi connectivity index (χ0v) is 29.4. The van der Waals surface area contributed by atoms with E-state index in [-0.39, 0.29) is 11.9 Å². The van der Waals surface area contributed by atoms with Gasteiger partial charge in [-0.1, -0.05) is 159 Å². The van der Waals surface area contributed by atoms with E-state index in [0.29, 0.717) is 6.61 Å². The van der Waals surface area contributed by atoms with E-state index < -0.39 is 0 Å². The number of hydrogen-bond donors (Lipinski definition) is 1. The average Bonchev–Trinajstić information content (AvgIpc) is 3.09. The summed E-state index contributed by atoms with van der Waals surface area (Å²) in [6, 6.07) is 31.4. The molecular weight excluding hydrogens is 526 g/mol. The Bertz CT molecular complexity index is 898. The fraction of sp³-hybridized carbons (Fsp3) is 0.525. The Balaban J connectivity index is -0.000000525. The second-order valence-corrected chi connectivity index (χ2v) is 9.20.